The fourth-order valence-electron chi connectivity index (χ4n) is 1.76. The highest BCUT2D eigenvalue weighted by Gasteiger charge is 2.48. The lowest BCUT2D eigenvalue weighted by Crippen LogP contribution is -2.53. The van der Waals surface area contributed by atoms with E-state index in [9.17, 15) is 4.79 Å². The average molecular weight is 241 g/mol. The maximum atomic E-state index is 11.9. The van der Waals surface area contributed by atoms with Gasteiger partial charge in [-0.15, -0.1) is 0 Å². The number of carbonyl (C=O) groups is 1. The summed E-state index contributed by atoms with van der Waals surface area (Å²) in [6.45, 7) is 2.91. The number of rotatable bonds is 3. The second-order valence-corrected chi connectivity index (χ2v) is 4.24. The Hall–Kier alpha value is -1.06. The molecule has 1 fully saturated rings. The van der Waals surface area contributed by atoms with E-state index in [1.807, 2.05) is 12.1 Å². The molecule has 0 atom stereocenters. The molecule has 1 aliphatic heterocycles. The van der Waals surface area contributed by atoms with E-state index in [0.717, 1.165) is 5.56 Å². The third-order valence-corrected chi connectivity index (χ3v) is 2.98. The van der Waals surface area contributed by atoms with Crippen molar-refractivity contribution in [1.82, 2.24) is 0 Å². The fraction of sp³-hybridized carbons (Fsp3) is 0.417. The molecule has 1 saturated heterocycles. The van der Waals surface area contributed by atoms with Crippen LogP contribution in [0.1, 0.15) is 12.5 Å². The first-order chi connectivity index (χ1) is 7.69. The zero-order chi connectivity index (χ0) is 11.6. The van der Waals surface area contributed by atoms with Gasteiger partial charge < -0.3 is 9.47 Å². The predicted molar refractivity (Wildman–Crippen MR) is 60.6 cm³/mol. The van der Waals surface area contributed by atoms with Crippen molar-refractivity contribution in [3.63, 3.8) is 0 Å². The van der Waals surface area contributed by atoms with Crippen LogP contribution in [0.2, 0.25) is 5.02 Å². The monoisotopic (exact) mass is 240 g/mol. The molecular weight excluding hydrogens is 228 g/mol. The van der Waals surface area contributed by atoms with Gasteiger partial charge in [0.25, 0.3) is 0 Å². The summed E-state index contributed by atoms with van der Waals surface area (Å²) in [6, 6.07) is 7.28. The first kappa shape index (κ1) is 11.4. The molecule has 0 aliphatic carbocycles. The Labute approximate surface area is 99.3 Å². The Morgan fingerprint density at radius 2 is 2.31 bits per heavy atom. The van der Waals surface area contributed by atoms with Crippen molar-refractivity contribution in [1.29, 1.82) is 0 Å². The van der Waals surface area contributed by atoms with Crippen LogP contribution in [0.5, 0.6) is 0 Å². The van der Waals surface area contributed by atoms with Gasteiger partial charge in [-0.25, -0.2) is 0 Å². The van der Waals surface area contributed by atoms with Gasteiger partial charge in [0.05, 0.1) is 19.8 Å². The van der Waals surface area contributed by atoms with Crippen molar-refractivity contribution >= 4 is 17.6 Å². The summed E-state index contributed by atoms with van der Waals surface area (Å²) in [5.41, 5.74) is 0.214. The first-order valence-electron chi connectivity index (χ1n) is 5.20. The van der Waals surface area contributed by atoms with E-state index in [2.05, 4.69) is 0 Å². The summed E-state index contributed by atoms with van der Waals surface area (Å²) in [5.74, 6) is -0.233. The van der Waals surface area contributed by atoms with Crippen LogP contribution in [-0.4, -0.2) is 25.8 Å². The molecule has 0 radical (unpaired) electrons. The summed E-state index contributed by atoms with van der Waals surface area (Å²) < 4.78 is 10.2. The summed E-state index contributed by atoms with van der Waals surface area (Å²) >= 11 is 5.92. The van der Waals surface area contributed by atoms with Crippen molar-refractivity contribution in [2.75, 3.05) is 19.8 Å². The standard InChI is InChI=1S/C12H13ClO3/c1-2-16-11(14)12(7-15-8-12)9-4-3-5-10(13)6-9/h3-6H,2,7-8H2,1H3. The molecule has 1 aromatic carbocycles. The SMILES string of the molecule is CCOC(=O)C1(c2cccc(Cl)c2)COC1. The molecule has 1 aliphatic rings. The summed E-state index contributed by atoms with van der Waals surface area (Å²) in [7, 11) is 0. The quantitative estimate of drug-likeness (QED) is 0.760. The van der Waals surface area contributed by atoms with E-state index >= 15 is 0 Å². The number of benzene rings is 1. The lowest BCUT2D eigenvalue weighted by atomic mass is 9.79. The van der Waals surface area contributed by atoms with E-state index < -0.39 is 5.41 Å². The molecule has 86 valence electrons. The van der Waals surface area contributed by atoms with Gasteiger partial charge in [0.1, 0.15) is 5.41 Å². The van der Waals surface area contributed by atoms with Crippen molar-refractivity contribution in [2.45, 2.75) is 12.3 Å². The second kappa shape index (κ2) is 4.44. The highest BCUT2D eigenvalue weighted by atomic mass is 35.5. The second-order valence-electron chi connectivity index (χ2n) is 3.81. The summed E-state index contributed by atoms with van der Waals surface area (Å²) in [6.07, 6.45) is 0. The van der Waals surface area contributed by atoms with Gasteiger partial charge in [-0.2, -0.15) is 0 Å². The van der Waals surface area contributed by atoms with Crippen LogP contribution in [0.25, 0.3) is 0 Å². The molecular formula is C12H13ClO3. The van der Waals surface area contributed by atoms with Crippen LogP contribution >= 0.6 is 11.6 Å². The van der Waals surface area contributed by atoms with Gasteiger partial charge in [-0.05, 0) is 24.6 Å². The Morgan fingerprint density at radius 3 is 2.81 bits per heavy atom. The number of ether oxygens (including phenoxy) is 2. The predicted octanol–water partition coefficient (Wildman–Crippen LogP) is 2.17. The number of esters is 1. The maximum Gasteiger partial charge on any atom is 0.321 e. The molecule has 0 amide bonds. The van der Waals surface area contributed by atoms with Crippen molar-refractivity contribution in [2.24, 2.45) is 0 Å². The molecule has 1 heterocycles. The minimum Gasteiger partial charge on any atom is -0.465 e. The normalized spacial score (nSPS) is 17.6. The van der Waals surface area contributed by atoms with Crippen LogP contribution in [0.15, 0.2) is 24.3 Å². The van der Waals surface area contributed by atoms with E-state index in [-0.39, 0.29) is 5.97 Å². The van der Waals surface area contributed by atoms with Crippen LogP contribution < -0.4 is 0 Å². The number of halogens is 1. The number of hydrogen-bond acceptors (Lipinski definition) is 3. The van der Waals surface area contributed by atoms with Gasteiger partial charge in [-0.3, -0.25) is 4.79 Å². The van der Waals surface area contributed by atoms with E-state index in [4.69, 9.17) is 21.1 Å². The smallest absolute Gasteiger partial charge is 0.321 e. The molecule has 2 rings (SSSR count). The molecule has 0 N–H and O–H groups in total. The molecule has 1 aromatic rings. The summed E-state index contributed by atoms with van der Waals surface area (Å²) in [5, 5.41) is 0.619. The average Bonchev–Trinajstić information content (AvgIpc) is 2.16. The maximum absolute atomic E-state index is 11.9. The number of carbonyl (C=O) groups excluding carboxylic acids is 1. The molecule has 4 heteroatoms. The van der Waals surface area contributed by atoms with Gasteiger partial charge in [0.2, 0.25) is 0 Å². The van der Waals surface area contributed by atoms with Crippen LogP contribution in [0, 0.1) is 0 Å². The zero-order valence-corrected chi connectivity index (χ0v) is 9.79. The Morgan fingerprint density at radius 1 is 1.56 bits per heavy atom. The van der Waals surface area contributed by atoms with E-state index in [0.29, 0.717) is 24.8 Å². The third-order valence-electron chi connectivity index (χ3n) is 2.74. The van der Waals surface area contributed by atoms with Crippen LogP contribution in [0.3, 0.4) is 0 Å². The fourth-order valence-corrected chi connectivity index (χ4v) is 1.95. The van der Waals surface area contributed by atoms with Crippen molar-refractivity contribution in [3.8, 4) is 0 Å². The minimum absolute atomic E-state index is 0.233. The molecule has 0 unspecified atom stereocenters. The Balaban J connectivity index is 2.31. The third kappa shape index (κ3) is 1.81. The van der Waals surface area contributed by atoms with Gasteiger partial charge in [0, 0.05) is 5.02 Å². The molecule has 0 saturated carbocycles. The molecule has 16 heavy (non-hydrogen) atoms. The van der Waals surface area contributed by atoms with E-state index in [1.54, 1.807) is 19.1 Å². The van der Waals surface area contributed by atoms with Gasteiger partial charge in [0.15, 0.2) is 0 Å². The lowest BCUT2D eigenvalue weighted by Gasteiger charge is -2.39. The molecule has 0 bridgehead atoms. The first-order valence-corrected chi connectivity index (χ1v) is 5.58. The number of hydrogen-bond donors (Lipinski definition) is 0. The highest BCUT2D eigenvalue weighted by molar-refractivity contribution is 6.30. The lowest BCUT2D eigenvalue weighted by molar-refractivity contribution is -0.169. The largest absolute Gasteiger partial charge is 0.465 e. The molecule has 0 spiro atoms. The van der Waals surface area contributed by atoms with Crippen molar-refractivity contribution < 1.29 is 14.3 Å². The van der Waals surface area contributed by atoms with Crippen LogP contribution in [0.4, 0.5) is 0 Å². The van der Waals surface area contributed by atoms with Gasteiger partial charge in [-0.1, -0.05) is 23.7 Å². The van der Waals surface area contributed by atoms with Crippen molar-refractivity contribution in [3.05, 3.63) is 34.9 Å². The van der Waals surface area contributed by atoms with Gasteiger partial charge >= 0.3 is 5.97 Å². The zero-order valence-electron chi connectivity index (χ0n) is 9.03. The molecule has 3 nitrogen and oxygen atoms in total. The Bertz CT molecular complexity index is 399. The van der Waals surface area contributed by atoms with Crippen LogP contribution in [-0.2, 0) is 19.7 Å². The molecule has 0 aromatic heterocycles. The minimum atomic E-state index is -0.652. The Kier molecular flexibility index (Phi) is 3.17. The summed E-state index contributed by atoms with van der Waals surface area (Å²) in [4.78, 5) is 11.9. The topological polar surface area (TPSA) is 35.5 Å². The highest BCUT2D eigenvalue weighted by Crippen LogP contribution is 2.34. The van der Waals surface area contributed by atoms with E-state index in [1.165, 1.54) is 0 Å².